The number of hydrogen-bond acceptors (Lipinski definition) is 4. The number of rotatable bonds is 1. The van der Waals surface area contributed by atoms with Gasteiger partial charge in [-0.25, -0.2) is 14.3 Å². The Hall–Kier alpha value is -1.73. The molecular formula is C11H6BrN3O2S. The van der Waals surface area contributed by atoms with E-state index in [0.29, 0.717) is 16.0 Å². The van der Waals surface area contributed by atoms with Crippen LogP contribution in [-0.4, -0.2) is 14.5 Å². The number of hydrogen-bond donors (Lipinski definition) is 1. The van der Waals surface area contributed by atoms with Crippen LogP contribution in [0.3, 0.4) is 0 Å². The molecule has 0 unspecified atom stereocenters. The van der Waals surface area contributed by atoms with Gasteiger partial charge in [-0.2, -0.15) is 0 Å². The van der Waals surface area contributed by atoms with E-state index in [-0.39, 0.29) is 5.56 Å². The van der Waals surface area contributed by atoms with Crippen LogP contribution in [0.25, 0.3) is 16.0 Å². The van der Waals surface area contributed by atoms with Crippen LogP contribution < -0.4 is 11.2 Å². The highest BCUT2D eigenvalue weighted by Crippen LogP contribution is 2.23. The highest BCUT2D eigenvalue weighted by Gasteiger charge is 2.11. The van der Waals surface area contributed by atoms with Gasteiger partial charge in [0.1, 0.15) is 0 Å². The summed E-state index contributed by atoms with van der Waals surface area (Å²) in [6, 6.07) is 6.93. The van der Waals surface area contributed by atoms with Gasteiger partial charge in [0.25, 0.3) is 5.56 Å². The average Bonchev–Trinajstić information content (AvgIpc) is 2.76. The Morgan fingerprint density at radius 3 is 2.78 bits per heavy atom. The maximum absolute atomic E-state index is 11.9. The molecule has 7 heteroatoms. The van der Waals surface area contributed by atoms with Crippen LogP contribution in [0.4, 0.5) is 0 Å². The highest BCUT2D eigenvalue weighted by molar-refractivity contribution is 9.11. The van der Waals surface area contributed by atoms with Crippen LogP contribution in [-0.2, 0) is 0 Å². The lowest BCUT2D eigenvalue weighted by Gasteiger charge is -2.05. The number of benzene rings is 1. The van der Waals surface area contributed by atoms with Crippen molar-refractivity contribution in [3.8, 4) is 5.13 Å². The Kier molecular flexibility index (Phi) is 2.64. The minimum atomic E-state index is -0.486. The van der Waals surface area contributed by atoms with E-state index in [0.717, 1.165) is 3.79 Å². The van der Waals surface area contributed by atoms with E-state index in [2.05, 4.69) is 25.9 Å². The van der Waals surface area contributed by atoms with Crippen molar-refractivity contribution >= 4 is 38.2 Å². The molecule has 1 aromatic carbocycles. The molecule has 18 heavy (non-hydrogen) atoms. The normalized spacial score (nSPS) is 10.9. The van der Waals surface area contributed by atoms with Gasteiger partial charge in [0.15, 0.2) is 5.13 Å². The summed E-state index contributed by atoms with van der Waals surface area (Å²) in [6.07, 6.45) is 1.62. The fourth-order valence-electron chi connectivity index (χ4n) is 1.73. The number of nitrogens with one attached hydrogen (secondary N) is 1. The molecule has 0 aliphatic heterocycles. The molecule has 3 rings (SSSR count). The summed E-state index contributed by atoms with van der Waals surface area (Å²) in [4.78, 5) is 30.0. The fraction of sp³-hybridized carbons (Fsp3) is 0. The second-order valence-corrected chi connectivity index (χ2v) is 5.95. The van der Waals surface area contributed by atoms with Gasteiger partial charge in [-0.15, -0.1) is 0 Å². The van der Waals surface area contributed by atoms with Crippen molar-refractivity contribution in [2.24, 2.45) is 0 Å². The van der Waals surface area contributed by atoms with E-state index < -0.39 is 5.69 Å². The van der Waals surface area contributed by atoms with Crippen LogP contribution in [0.2, 0.25) is 0 Å². The van der Waals surface area contributed by atoms with Crippen LogP contribution in [0.5, 0.6) is 0 Å². The van der Waals surface area contributed by atoms with Crippen molar-refractivity contribution < 1.29 is 0 Å². The van der Waals surface area contributed by atoms with Crippen LogP contribution in [0, 0.1) is 0 Å². The van der Waals surface area contributed by atoms with Crippen molar-refractivity contribution in [3.05, 3.63) is 55.1 Å². The molecule has 3 aromatic rings. The van der Waals surface area contributed by atoms with Gasteiger partial charge in [0.05, 0.1) is 20.9 Å². The molecular weight excluding hydrogens is 318 g/mol. The Morgan fingerprint density at radius 2 is 2.06 bits per heavy atom. The van der Waals surface area contributed by atoms with Gasteiger partial charge in [-0.1, -0.05) is 23.5 Å². The number of H-pyrrole nitrogens is 1. The molecule has 0 amide bonds. The quantitative estimate of drug-likeness (QED) is 0.743. The van der Waals surface area contributed by atoms with Gasteiger partial charge in [0.2, 0.25) is 0 Å². The monoisotopic (exact) mass is 323 g/mol. The zero-order valence-corrected chi connectivity index (χ0v) is 11.3. The molecule has 0 fully saturated rings. The van der Waals surface area contributed by atoms with Crippen molar-refractivity contribution in [2.45, 2.75) is 0 Å². The predicted octanol–water partition coefficient (Wildman–Crippen LogP) is 1.90. The number of halogens is 1. The fourth-order valence-corrected chi connectivity index (χ4v) is 2.92. The van der Waals surface area contributed by atoms with E-state index in [1.165, 1.54) is 15.9 Å². The Bertz CT molecular complexity index is 849. The zero-order chi connectivity index (χ0) is 12.7. The second-order valence-electron chi connectivity index (χ2n) is 3.56. The van der Waals surface area contributed by atoms with E-state index in [1.54, 1.807) is 30.5 Å². The van der Waals surface area contributed by atoms with Crippen molar-refractivity contribution in [2.75, 3.05) is 0 Å². The minimum absolute atomic E-state index is 0.387. The summed E-state index contributed by atoms with van der Waals surface area (Å²) in [6.45, 7) is 0. The van der Waals surface area contributed by atoms with E-state index >= 15 is 0 Å². The zero-order valence-electron chi connectivity index (χ0n) is 8.88. The third kappa shape index (κ3) is 1.72. The SMILES string of the molecule is O=c1[nH]c(=O)n(-c2ncc(Br)s2)c2ccccc12. The van der Waals surface area contributed by atoms with Crippen LogP contribution in [0.1, 0.15) is 0 Å². The summed E-state index contributed by atoms with van der Waals surface area (Å²) >= 11 is 4.62. The molecule has 0 saturated carbocycles. The standard InChI is InChI=1S/C11H6BrN3O2S/c12-8-5-13-11(18-8)15-7-4-2-1-3-6(7)9(16)14-10(15)17/h1-5H,(H,14,16,17). The topological polar surface area (TPSA) is 67.8 Å². The Labute approximate surface area is 113 Å². The second kappa shape index (κ2) is 4.18. The first kappa shape index (κ1) is 11.4. The van der Waals surface area contributed by atoms with Crippen LogP contribution in [0.15, 0.2) is 43.8 Å². The maximum Gasteiger partial charge on any atom is 0.335 e. The molecule has 0 aliphatic carbocycles. The van der Waals surface area contributed by atoms with Gasteiger partial charge in [-0.3, -0.25) is 9.78 Å². The minimum Gasteiger partial charge on any atom is -0.273 e. The first-order chi connectivity index (χ1) is 8.66. The van der Waals surface area contributed by atoms with Crippen molar-refractivity contribution in [1.82, 2.24) is 14.5 Å². The highest BCUT2D eigenvalue weighted by atomic mass is 79.9. The summed E-state index contributed by atoms with van der Waals surface area (Å²) < 4.78 is 2.21. The lowest BCUT2D eigenvalue weighted by molar-refractivity contribution is 0.931. The molecule has 90 valence electrons. The third-order valence-corrected chi connectivity index (χ3v) is 3.93. The van der Waals surface area contributed by atoms with Crippen molar-refractivity contribution in [3.63, 3.8) is 0 Å². The summed E-state index contributed by atoms with van der Waals surface area (Å²) in [5.41, 5.74) is -0.323. The predicted molar refractivity (Wildman–Crippen MR) is 73.5 cm³/mol. The largest absolute Gasteiger partial charge is 0.335 e. The molecule has 0 saturated heterocycles. The smallest absolute Gasteiger partial charge is 0.273 e. The van der Waals surface area contributed by atoms with Gasteiger partial charge in [-0.05, 0) is 28.1 Å². The average molecular weight is 324 g/mol. The number of aromatic nitrogens is 3. The molecule has 0 bridgehead atoms. The van der Waals surface area contributed by atoms with E-state index in [4.69, 9.17) is 0 Å². The summed E-state index contributed by atoms with van der Waals surface area (Å²) in [5, 5.41) is 0.975. The van der Waals surface area contributed by atoms with Gasteiger partial charge < -0.3 is 0 Å². The number of nitrogens with zero attached hydrogens (tertiary/aromatic N) is 2. The molecule has 2 heterocycles. The number of para-hydroxylation sites is 1. The molecule has 5 nitrogen and oxygen atoms in total. The summed E-state index contributed by atoms with van der Waals surface area (Å²) in [7, 11) is 0. The number of thiazole rings is 1. The molecule has 2 aromatic heterocycles. The van der Waals surface area contributed by atoms with E-state index in [1.807, 2.05) is 0 Å². The Balaban J connectivity index is 2.49. The lowest BCUT2D eigenvalue weighted by atomic mass is 10.2. The lowest BCUT2D eigenvalue weighted by Crippen LogP contribution is -2.29. The molecule has 1 N–H and O–H groups in total. The van der Waals surface area contributed by atoms with Crippen LogP contribution >= 0.6 is 27.3 Å². The van der Waals surface area contributed by atoms with E-state index in [9.17, 15) is 9.59 Å². The molecule has 0 aliphatic rings. The Morgan fingerprint density at radius 1 is 1.28 bits per heavy atom. The summed E-state index contributed by atoms with van der Waals surface area (Å²) in [5.74, 6) is 0. The third-order valence-electron chi connectivity index (χ3n) is 2.47. The molecule has 0 spiro atoms. The van der Waals surface area contributed by atoms with Gasteiger partial charge in [0, 0.05) is 0 Å². The van der Waals surface area contributed by atoms with Crippen molar-refractivity contribution in [1.29, 1.82) is 0 Å². The number of aromatic amines is 1. The molecule has 0 atom stereocenters. The first-order valence-corrected chi connectivity index (χ1v) is 6.63. The van der Waals surface area contributed by atoms with Gasteiger partial charge >= 0.3 is 5.69 Å². The number of fused-ring (bicyclic) bond motifs is 1. The molecule has 0 radical (unpaired) electrons. The maximum atomic E-state index is 11.9. The first-order valence-electron chi connectivity index (χ1n) is 5.02.